The van der Waals surface area contributed by atoms with E-state index >= 15 is 0 Å². The van der Waals surface area contributed by atoms with E-state index < -0.39 is 6.03 Å². The number of imide groups is 1. The molecule has 3 rings (SSSR count). The van der Waals surface area contributed by atoms with Gasteiger partial charge >= 0.3 is 6.03 Å². The maximum Gasteiger partial charge on any atom is 0.332 e. The van der Waals surface area contributed by atoms with Gasteiger partial charge in [-0.3, -0.25) is 9.78 Å². The van der Waals surface area contributed by atoms with E-state index in [0.29, 0.717) is 11.3 Å². The number of pyridine rings is 1. The van der Waals surface area contributed by atoms with Crippen molar-refractivity contribution in [2.24, 2.45) is 0 Å². The molecule has 0 saturated carbocycles. The van der Waals surface area contributed by atoms with E-state index in [2.05, 4.69) is 4.98 Å². The van der Waals surface area contributed by atoms with Crippen molar-refractivity contribution in [1.82, 2.24) is 9.88 Å². The van der Waals surface area contributed by atoms with E-state index in [1.54, 1.807) is 24.3 Å². The molecular formula is C15H12FN3O2. The predicted octanol–water partition coefficient (Wildman–Crippen LogP) is 2.19. The van der Waals surface area contributed by atoms with Gasteiger partial charge in [0.2, 0.25) is 0 Å². The van der Waals surface area contributed by atoms with Crippen molar-refractivity contribution >= 4 is 17.6 Å². The van der Waals surface area contributed by atoms with Gasteiger partial charge in [-0.05, 0) is 29.8 Å². The molecule has 1 aromatic heterocycles. The zero-order valence-electron chi connectivity index (χ0n) is 11.1. The first-order valence-corrected chi connectivity index (χ1v) is 6.41. The number of anilines is 1. The smallest absolute Gasteiger partial charge is 0.310 e. The summed E-state index contributed by atoms with van der Waals surface area (Å²) in [4.78, 5) is 30.7. The molecule has 0 bridgehead atoms. The molecule has 1 fully saturated rings. The Balaban J connectivity index is 1.81. The maximum absolute atomic E-state index is 13.2. The highest BCUT2D eigenvalue weighted by Gasteiger charge is 2.36. The Morgan fingerprint density at radius 2 is 1.90 bits per heavy atom. The van der Waals surface area contributed by atoms with Crippen molar-refractivity contribution < 1.29 is 14.0 Å². The molecule has 0 unspecified atom stereocenters. The molecule has 2 heterocycles. The van der Waals surface area contributed by atoms with Gasteiger partial charge in [0.05, 0.1) is 5.69 Å². The number of halogens is 1. The van der Waals surface area contributed by atoms with Gasteiger partial charge in [-0.25, -0.2) is 14.1 Å². The van der Waals surface area contributed by atoms with Crippen LogP contribution in [0.2, 0.25) is 0 Å². The summed E-state index contributed by atoms with van der Waals surface area (Å²) in [6, 6.07) is 8.78. The van der Waals surface area contributed by atoms with Crippen molar-refractivity contribution in [2.75, 3.05) is 11.4 Å². The van der Waals surface area contributed by atoms with Crippen LogP contribution in [0.1, 0.15) is 5.56 Å². The molecule has 3 amide bonds. The lowest BCUT2D eigenvalue weighted by Crippen LogP contribution is -2.32. The van der Waals surface area contributed by atoms with E-state index in [0.717, 1.165) is 4.90 Å². The van der Waals surface area contributed by atoms with Gasteiger partial charge in [-0.1, -0.05) is 12.1 Å². The lowest BCUT2D eigenvalue weighted by Gasteiger charge is -2.17. The molecule has 0 spiro atoms. The topological polar surface area (TPSA) is 53.5 Å². The summed E-state index contributed by atoms with van der Waals surface area (Å²) in [6.45, 7) is 0.182. The number of benzene rings is 1. The first-order chi connectivity index (χ1) is 10.1. The lowest BCUT2D eigenvalue weighted by molar-refractivity contribution is -0.116. The molecule has 0 radical (unpaired) electrons. The molecule has 0 N–H and O–H groups in total. The number of carbonyl (C=O) groups is 2. The van der Waals surface area contributed by atoms with E-state index in [-0.39, 0.29) is 24.8 Å². The van der Waals surface area contributed by atoms with Crippen molar-refractivity contribution in [3.8, 4) is 0 Å². The van der Waals surface area contributed by atoms with Gasteiger partial charge in [0.25, 0.3) is 5.91 Å². The summed E-state index contributed by atoms with van der Waals surface area (Å²) in [6.07, 6.45) is 3.04. The summed E-state index contributed by atoms with van der Waals surface area (Å²) in [5.74, 6) is -0.668. The second kappa shape index (κ2) is 5.32. The molecule has 6 heteroatoms. The summed E-state index contributed by atoms with van der Waals surface area (Å²) < 4.78 is 13.2. The minimum absolute atomic E-state index is 0.0162. The van der Waals surface area contributed by atoms with Gasteiger partial charge in [-0.15, -0.1) is 0 Å². The molecule has 106 valence electrons. The Kier molecular flexibility index (Phi) is 3.35. The largest absolute Gasteiger partial charge is 0.332 e. The third-order valence-corrected chi connectivity index (χ3v) is 3.22. The monoisotopic (exact) mass is 285 g/mol. The molecule has 0 atom stereocenters. The number of carbonyl (C=O) groups excluding carboxylic acids is 2. The highest BCUT2D eigenvalue weighted by Crippen LogP contribution is 2.21. The second-order valence-electron chi connectivity index (χ2n) is 4.70. The summed E-state index contributed by atoms with van der Waals surface area (Å²) in [5, 5.41) is 0. The van der Waals surface area contributed by atoms with Gasteiger partial charge in [0, 0.05) is 18.9 Å². The molecule has 1 saturated heterocycles. The van der Waals surface area contributed by atoms with Crippen LogP contribution in [0, 0.1) is 5.82 Å². The average molecular weight is 285 g/mol. The Bertz CT molecular complexity index is 690. The van der Waals surface area contributed by atoms with Crippen LogP contribution in [-0.4, -0.2) is 28.4 Å². The molecule has 1 aromatic carbocycles. The molecule has 1 aliphatic heterocycles. The SMILES string of the molecule is O=C1CN(Cc2cccc(F)c2)C(=O)N1c1ccncc1. The summed E-state index contributed by atoms with van der Waals surface area (Å²) >= 11 is 0. The Morgan fingerprint density at radius 1 is 1.14 bits per heavy atom. The van der Waals surface area contributed by atoms with Crippen LogP contribution < -0.4 is 4.90 Å². The molecule has 0 aliphatic carbocycles. The fourth-order valence-electron chi connectivity index (χ4n) is 2.28. The third-order valence-electron chi connectivity index (χ3n) is 3.22. The zero-order chi connectivity index (χ0) is 14.8. The number of aromatic nitrogens is 1. The Morgan fingerprint density at radius 3 is 2.62 bits per heavy atom. The van der Waals surface area contributed by atoms with E-state index in [9.17, 15) is 14.0 Å². The minimum atomic E-state index is -0.407. The molecular weight excluding hydrogens is 273 g/mol. The van der Waals surface area contributed by atoms with Crippen molar-refractivity contribution in [3.63, 3.8) is 0 Å². The minimum Gasteiger partial charge on any atom is -0.310 e. The highest BCUT2D eigenvalue weighted by molar-refractivity contribution is 6.19. The van der Waals surface area contributed by atoms with E-state index in [1.165, 1.54) is 29.4 Å². The second-order valence-corrected chi connectivity index (χ2v) is 4.70. The van der Waals surface area contributed by atoms with E-state index in [4.69, 9.17) is 0 Å². The van der Waals surface area contributed by atoms with Gasteiger partial charge < -0.3 is 4.90 Å². The standard InChI is InChI=1S/C15H12FN3O2/c16-12-3-1-2-11(8-12)9-18-10-14(20)19(15(18)21)13-4-6-17-7-5-13/h1-8H,9-10H2. The summed E-state index contributed by atoms with van der Waals surface area (Å²) in [7, 11) is 0. The molecule has 5 nitrogen and oxygen atoms in total. The Hall–Kier alpha value is -2.76. The number of urea groups is 1. The van der Waals surface area contributed by atoms with Gasteiger partial charge in [-0.2, -0.15) is 0 Å². The van der Waals surface area contributed by atoms with Crippen LogP contribution in [0.4, 0.5) is 14.9 Å². The van der Waals surface area contributed by atoms with Crippen LogP contribution in [0.5, 0.6) is 0 Å². The number of amides is 3. The van der Waals surface area contributed by atoms with Crippen molar-refractivity contribution in [1.29, 1.82) is 0 Å². The third kappa shape index (κ3) is 2.60. The fraction of sp³-hybridized carbons (Fsp3) is 0.133. The number of hydrogen-bond acceptors (Lipinski definition) is 3. The highest BCUT2D eigenvalue weighted by atomic mass is 19.1. The quantitative estimate of drug-likeness (QED) is 0.812. The number of hydrogen-bond donors (Lipinski definition) is 0. The first-order valence-electron chi connectivity index (χ1n) is 6.41. The van der Waals surface area contributed by atoms with Crippen LogP contribution >= 0.6 is 0 Å². The van der Waals surface area contributed by atoms with Gasteiger partial charge in [0.15, 0.2) is 0 Å². The number of nitrogens with zero attached hydrogens (tertiary/aromatic N) is 3. The van der Waals surface area contributed by atoms with E-state index in [1.807, 2.05) is 0 Å². The molecule has 21 heavy (non-hydrogen) atoms. The summed E-state index contributed by atoms with van der Waals surface area (Å²) in [5.41, 5.74) is 1.13. The van der Waals surface area contributed by atoms with Crippen molar-refractivity contribution in [2.45, 2.75) is 6.54 Å². The normalized spacial score (nSPS) is 14.9. The Labute approximate surface area is 120 Å². The average Bonchev–Trinajstić information content (AvgIpc) is 2.74. The first kappa shape index (κ1) is 13.2. The predicted molar refractivity (Wildman–Crippen MR) is 73.9 cm³/mol. The molecule has 2 aromatic rings. The van der Waals surface area contributed by atoms with Crippen LogP contribution in [-0.2, 0) is 11.3 Å². The van der Waals surface area contributed by atoms with Crippen LogP contribution in [0.15, 0.2) is 48.8 Å². The maximum atomic E-state index is 13.2. The number of rotatable bonds is 3. The van der Waals surface area contributed by atoms with Crippen molar-refractivity contribution in [3.05, 3.63) is 60.2 Å². The lowest BCUT2D eigenvalue weighted by atomic mass is 10.2. The van der Waals surface area contributed by atoms with Gasteiger partial charge in [0.1, 0.15) is 12.4 Å². The zero-order valence-corrected chi connectivity index (χ0v) is 11.1. The van der Waals surface area contributed by atoms with Crippen LogP contribution in [0.25, 0.3) is 0 Å². The fourth-order valence-corrected chi connectivity index (χ4v) is 2.28. The van der Waals surface area contributed by atoms with Crippen LogP contribution in [0.3, 0.4) is 0 Å². The molecule has 1 aliphatic rings.